The molecule has 0 radical (unpaired) electrons. The zero-order valence-electron chi connectivity index (χ0n) is 18.5. The lowest BCUT2D eigenvalue weighted by Crippen LogP contribution is -2.50. The Morgan fingerprint density at radius 1 is 1.17 bits per heavy atom. The third-order valence-electron chi connectivity index (χ3n) is 7.37. The second-order valence-electron chi connectivity index (χ2n) is 9.48. The van der Waals surface area contributed by atoms with Crippen molar-refractivity contribution in [3.63, 3.8) is 0 Å². The van der Waals surface area contributed by atoms with Gasteiger partial charge in [-0.25, -0.2) is 0 Å². The van der Waals surface area contributed by atoms with Gasteiger partial charge in [-0.3, -0.25) is 14.5 Å². The Balaban J connectivity index is 1.64. The monoisotopic (exact) mass is 412 g/mol. The molecule has 30 heavy (non-hydrogen) atoms. The molecule has 5 nitrogen and oxygen atoms in total. The van der Waals surface area contributed by atoms with E-state index in [-0.39, 0.29) is 11.9 Å². The first kappa shape index (κ1) is 21.4. The van der Waals surface area contributed by atoms with Crippen LogP contribution >= 0.6 is 0 Å². The minimum atomic E-state index is -0.584. The molecule has 2 fully saturated rings. The largest absolute Gasteiger partial charge is 0.442 e. The van der Waals surface area contributed by atoms with Gasteiger partial charge in [-0.15, -0.1) is 0 Å². The summed E-state index contributed by atoms with van der Waals surface area (Å²) in [5.41, 5.74) is 2.95. The van der Waals surface area contributed by atoms with Crippen molar-refractivity contribution in [3.8, 4) is 0 Å². The SMILES string of the molecule is CC(=O)OC(C)N1C(=O)C2(CCNCC2)c2cc(CC3CCCCCCC3)ccc21. The Bertz CT molecular complexity index is 777. The molecule has 1 aromatic carbocycles. The van der Waals surface area contributed by atoms with Crippen LogP contribution in [0.4, 0.5) is 5.69 Å². The van der Waals surface area contributed by atoms with Crippen LogP contribution in [0, 0.1) is 5.92 Å². The van der Waals surface area contributed by atoms with Crippen LogP contribution in [0.25, 0.3) is 0 Å². The highest BCUT2D eigenvalue weighted by atomic mass is 16.6. The average Bonchev–Trinajstić information content (AvgIpc) is 2.92. The zero-order valence-corrected chi connectivity index (χ0v) is 18.5. The fourth-order valence-corrected chi connectivity index (χ4v) is 5.83. The molecular formula is C25H36N2O3. The maximum atomic E-state index is 13.7. The van der Waals surface area contributed by atoms with Gasteiger partial charge in [0, 0.05) is 6.92 Å². The summed E-state index contributed by atoms with van der Waals surface area (Å²) in [6, 6.07) is 6.60. The molecule has 5 heteroatoms. The second kappa shape index (κ2) is 9.09. The van der Waals surface area contributed by atoms with Gasteiger partial charge < -0.3 is 10.1 Å². The smallest absolute Gasteiger partial charge is 0.304 e. The van der Waals surface area contributed by atoms with Gasteiger partial charge in [-0.1, -0.05) is 57.1 Å². The van der Waals surface area contributed by atoms with Gasteiger partial charge >= 0.3 is 5.97 Å². The Morgan fingerprint density at radius 2 is 1.83 bits per heavy atom. The van der Waals surface area contributed by atoms with Crippen LogP contribution in [0.1, 0.15) is 82.8 Å². The summed E-state index contributed by atoms with van der Waals surface area (Å²) in [6.45, 7) is 4.88. The number of ether oxygens (including phenoxy) is 1. The van der Waals surface area contributed by atoms with Gasteiger partial charge in [-0.05, 0) is 62.4 Å². The fourth-order valence-electron chi connectivity index (χ4n) is 5.83. The van der Waals surface area contributed by atoms with Crippen LogP contribution < -0.4 is 10.2 Å². The van der Waals surface area contributed by atoms with E-state index in [4.69, 9.17) is 4.74 Å². The predicted octanol–water partition coefficient (Wildman–Crippen LogP) is 4.47. The fraction of sp³-hybridized carbons (Fsp3) is 0.680. The molecule has 164 valence electrons. The molecule has 1 saturated heterocycles. The number of carbonyl (C=O) groups is 2. The summed E-state index contributed by atoms with van der Waals surface area (Å²) in [7, 11) is 0. The van der Waals surface area contributed by atoms with Crippen LogP contribution in [0.3, 0.4) is 0 Å². The maximum absolute atomic E-state index is 13.7. The Morgan fingerprint density at radius 3 is 2.50 bits per heavy atom. The summed E-state index contributed by atoms with van der Waals surface area (Å²) in [5.74, 6) is 0.486. The first-order valence-corrected chi connectivity index (χ1v) is 11.9. The number of nitrogens with one attached hydrogen (secondary N) is 1. The van der Waals surface area contributed by atoms with Gasteiger partial charge in [0.1, 0.15) is 0 Å². The molecule has 1 amide bonds. The summed E-state index contributed by atoms with van der Waals surface area (Å²) in [4.78, 5) is 26.9. The number of anilines is 1. The number of amides is 1. The standard InChI is InChI=1S/C25H36N2O3/c1-18(30-19(2)28)27-23-11-10-21(16-20-8-6-4-3-5-7-9-20)17-22(23)25(24(27)29)12-14-26-15-13-25/h10-11,17-18,20,26H,3-9,12-16H2,1-2H3. The van der Waals surface area contributed by atoms with E-state index in [2.05, 4.69) is 23.5 Å². The van der Waals surface area contributed by atoms with Gasteiger partial charge in [0.05, 0.1) is 11.1 Å². The van der Waals surface area contributed by atoms with Crippen LogP contribution in [0.2, 0.25) is 0 Å². The molecule has 1 N–H and O–H groups in total. The molecule has 1 saturated carbocycles. The van der Waals surface area contributed by atoms with Gasteiger partial charge in [0.15, 0.2) is 6.23 Å². The quantitative estimate of drug-likeness (QED) is 0.742. The van der Waals surface area contributed by atoms with Gasteiger partial charge in [-0.2, -0.15) is 0 Å². The third-order valence-corrected chi connectivity index (χ3v) is 7.37. The maximum Gasteiger partial charge on any atom is 0.304 e. The van der Waals surface area contributed by atoms with E-state index < -0.39 is 11.6 Å². The number of esters is 1. The van der Waals surface area contributed by atoms with E-state index in [1.807, 2.05) is 0 Å². The molecule has 0 aromatic heterocycles. The highest BCUT2D eigenvalue weighted by molar-refractivity contribution is 6.08. The van der Waals surface area contributed by atoms with E-state index in [0.29, 0.717) is 0 Å². The van der Waals surface area contributed by atoms with Crippen molar-refractivity contribution in [1.82, 2.24) is 5.32 Å². The third kappa shape index (κ3) is 4.14. The highest BCUT2D eigenvalue weighted by Crippen LogP contribution is 2.48. The van der Waals surface area contributed by atoms with Crippen molar-refractivity contribution >= 4 is 17.6 Å². The van der Waals surface area contributed by atoms with Crippen molar-refractivity contribution in [3.05, 3.63) is 29.3 Å². The van der Waals surface area contributed by atoms with Crippen LogP contribution in [-0.4, -0.2) is 31.2 Å². The number of hydrogen-bond acceptors (Lipinski definition) is 4. The summed E-state index contributed by atoms with van der Waals surface area (Å²) >= 11 is 0. The molecule has 4 rings (SSSR count). The topological polar surface area (TPSA) is 58.6 Å². The molecule has 2 heterocycles. The zero-order chi connectivity index (χ0) is 21.1. The van der Waals surface area contributed by atoms with E-state index in [0.717, 1.165) is 49.5 Å². The van der Waals surface area contributed by atoms with Crippen molar-refractivity contribution in [2.45, 2.75) is 89.7 Å². The lowest BCUT2D eigenvalue weighted by molar-refractivity contribution is -0.146. The number of carbonyl (C=O) groups excluding carboxylic acids is 2. The first-order chi connectivity index (χ1) is 14.5. The number of hydrogen-bond donors (Lipinski definition) is 1. The van der Waals surface area contributed by atoms with Crippen molar-refractivity contribution in [1.29, 1.82) is 0 Å². The van der Waals surface area contributed by atoms with E-state index in [1.54, 1.807) is 11.8 Å². The molecule has 1 atom stereocenters. The molecule has 1 unspecified atom stereocenters. The minimum Gasteiger partial charge on any atom is -0.442 e. The first-order valence-electron chi connectivity index (χ1n) is 11.9. The molecular weight excluding hydrogens is 376 g/mol. The highest BCUT2D eigenvalue weighted by Gasteiger charge is 2.52. The summed E-state index contributed by atoms with van der Waals surface area (Å²) in [6.07, 6.45) is 11.6. The minimum absolute atomic E-state index is 0.0934. The summed E-state index contributed by atoms with van der Waals surface area (Å²) in [5, 5.41) is 3.40. The lowest BCUT2D eigenvalue weighted by atomic mass is 9.73. The van der Waals surface area contributed by atoms with Gasteiger partial charge in [0.25, 0.3) is 0 Å². The normalized spacial score (nSPS) is 23.0. The van der Waals surface area contributed by atoms with Gasteiger partial charge in [0.2, 0.25) is 5.91 Å². The summed E-state index contributed by atoms with van der Waals surface area (Å²) < 4.78 is 5.42. The van der Waals surface area contributed by atoms with Crippen molar-refractivity contribution < 1.29 is 14.3 Å². The molecule has 1 spiro atoms. The molecule has 1 aliphatic carbocycles. The lowest BCUT2D eigenvalue weighted by Gasteiger charge is -2.34. The molecule has 3 aliphatic rings. The molecule has 1 aromatic rings. The number of rotatable bonds is 4. The van der Waals surface area contributed by atoms with E-state index >= 15 is 0 Å². The molecule has 0 bridgehead atoms. The predicted molar refractivity (Wildman–Crippen MR) is 118 cm³/mol. The Hall–Kier alpha value is -1.88. The number of benzene rings is 1. The van der Waals surface area contributed by atoms with Crippen molar-refractivity contribution in [2.24, 2.45) is 5.92 Å². The average molecular weight is 413 g/mol. The van der Waals surface area contributed by atoms with E-state index in [9.17, 15) is 9.59 Å². The number of fused-ring (bicyclic) bond motifs is 2. The Labute approximate surface area is 180 Å². The number of nitrogens with zero attached hydrogens (tertiary/aromatic N) is 1. The van der Waals surface area contributed by atoms with Crippen molar-refractivity contribution in [2.75, 3.05) is 18.0 Å². The van der Waals surface area contributed by atoms with E-state index in [1.165, 1.54) is 57.4 Å². The molecule has 2 aliphatic heterocycles. The van der Waals surface area contributed by atoms with Crippen LogP contribution in [0.5, 0.6) is 0 Å². The van der Waals surface area contributed by atoms with Crippen LogP contribution in [0.15, 0.2) is 18.2 Å². The number of piperidine rings is 1. The Kier molecular flexibility index (Phi) is 6.47. The second-order valence-corrected chi connectivity index (χ2v) is 9.48. The van der Waals surface area contributed by atoms with Crippen LogP contribution in [-0.2, 0) is 26.2 Å².